The van der Waals surface area contributed by atoms with E-state index in [1.165, 1.54) is 46.2 Å². The third-order valence-corrected chi connectivity index (χ3v) is 6.82. The van der Waals surface area contributed by atoms with Crippen LogP contribution in [0, 0.1) is 0 Å². The first kappa shape index (κ1) is 21.4. The Morgan fingerprint density at radius 2 is 1.45 bits per heavy atom. The molecule has 0 fully saturated rings. The zero-order valence-corrected chi connectivity index (χ0v) is 19.5. The van der Waals surface area contributed by atoms with Gasteiger partial charge in [0, 0.05) is 0 Å². The van der Waals surface area contributed by atoms with Crippen LogP contribution in [0.25, 0.3) is 11.6 Å². The maximum absolute atomic E-state index is 5.92. The lowest BCUT2D eigenvalue weighted by atomic mass is 9.63. The van der Waals surface area contributed by atoms with E-state index in [1.54, 1.807) is 0 Å². The molecule has 0 aromatic heterocycles. The molecule has 0 unspecified atom stereocenters. The van der Waals surface area contributed by atoms with Gasteiger partial charge in [0.2, 0.25) is 0 Å². The Hall–Kier alpha value is -2.80. The molecule has 3 aromatic rings. The molecule has 0 atom stereocenters. The van der Waals surface area contributed by atoms with Gasteiger partial charge in [-0.2, -0.15) is 0 Å². The highest BCUT2D eigenvalue weighted by molar-refractivity contribution is 5.80. The van der Waals surface area contributed by atoms with E-state index in [9.17, 15) is 0 Å². The van der Waals surface area contributed by atoms with E-state index in [4.69, 9.17) is 4.74 Å². The van der Waals surface area contributed by atoms with Crippen LogP contribution in [0.4, 0.5) is 0 Å². The average Bonchev–Trinajstić information content (AvgIpc) is 2.77. The third-order valence-electron chi connectivity index (χ3n) is 6.82. The lowest BCUT2D eigenvalue weighted by Crippen LogP contribution is -2.33. The van der Waals surface area contributed by atoms with Gasteiger partial charge < -0.3 is 4.74 Å². The second-order valence-corrected chi connectivity index (χ2v) is 10.2. The Balaban J connectivity index is 1.52. The lowest BCUT2D eigenvalue weighted by molar-refractivity contribution is 0.306. The summed E-state index contributed by atoms with van der Waals surface area (Å²) in [6.07, 6.45) is 4.76. The van der Waals surface area contributed by atoms with E-state index in [0.29, 0.717) is 6.61 Å². The fourth-order valence-corrected chi connectivity index (χ4v) is 4.57. The number of fused-ring (bicyclic) bond motifs is 1. The van der Waals surface area contributed by atoms with Gasteiger partial charge in [-0.05, 0) is 76.1 Å². The van der Waals surface area contributed by atoms with E-state index < -0.39 is 0 Å². The van der Waals surface area contributed by atoms with Crippen molar-refractivity contribution < 1.29 is 4.74 Å². The van der Waals surface area contributed by atoms with Gasteiger partial charge in [0.05, 0.1) is 0 Å². The molecule has 0 N–H and O–H groups in total. The quantitative estimate of drug-likeness (QED) is 0.385. The highest BCUT2D eigenvalue weighted by atomic mass is 16.5. The summed E-state index contributed by atoms with van der Waals surface area (Å²) in [5.41, 5.74) is 8.51. The molecule has 1 heteroatoms. The molecule has 0 radical (unpaired) electrons. The molecule has 0 amide bonds. The van der Waals surface area contributed by atoms with Crippen molar-refractivity contribution in [2.45, 2.75) is 64.9 Å². The van der Waals surface area contributed by atoms with Gasteiger partial charge in [-0.25, -0.2) is 0 Å². The molecule has 3 aromatic carbocycles. The summed E-state index contributed by atoms with van der Waals surface area (Å²) in [6.45, 7) is 12.3. The van der Waals surface area contributed by atoms with Gasteiger partial charge in [-0.15, -0.1) is 0 Å². The monoisotopic (exact) mass is 410 g/mol. The number of rotatable bonds is 5. The molecule has 0 aliphatic heterocycles. The van der Waals surface area contributed by atoms with Gasteiger partial charge in [0.1, 0.15) is 12.4 Å². The number of allylic oxidation sites excluding steroid dienone is 1. The Morgan fingerprint density at radius 3 is 2.13 bits per heavy atom. The SMILES string of the molecule is C/C(=C\c1ccc(OCc2ccccc2)cc1)c1ccc2c(c1)C(C)(C)CCC2(C)C. The van der Waals surface area contributed by atoms with Crippen LogP contribution in [-0.4, -0.2) is 0 Å². The molecule has 1 nitrogen and oxygen atoms in total. The number of ether oxygens (including phenoxy) is 1. The van der Waals surface area contributed by atoms with Crippen molar-refractivity contribution in [3.05, 3.63) is 101 Å². The molecule has 0 bridgehead atoms. The number of hydrogen-bond donors (Lipinski definition) is 0. The molecular weight excluding hydrogens is 376 g/mol. The Morgan fingerprint density at radius 1 is 0.806 bits per heavy atom. The predicted molar refractivity (Wildman–Crippen MR) is 132 cm³/mol. The summed E-state index contributed by atoms with van der Waals surface area (Å²) >= 11 is 0. The first-order chi connectivity index (χ1) is 14.7. The molecule has 31 heavy (non-hydrogen) atoms. The zero-order valence-electron chi connectivity index (χ0n) is 19.5. The summed E-state index contributed by atoms with van der Waals surface area (Å²) in [7, 11) is 0. The number of hydrogen-bond acceptors (Lipinski definition) is 1. The van der Waals surface area contributed by atoms with Gasteiger partial charge in [-0.1, -0.05) is 94.4 Å². The standard InChI is InChI=1S/C30H34O/c1-22(25-13-16-27-28(20-25)30(4,5)18-17-29(27,2)3)19-23-11-14-26(15-12-23)31-21-24-9-7-6-8-10-24/h6-16,19-20H,17-18,21H2,1-5H3/b22-19+. The molecule has 0 heterocycles. The Bertz CT molecular complexity index is 1070. The van der Waals surface area contributed by atoms with Crippen LogP contribution in [0.2, 0.25) is 0 Å². The van der Waals surface area contributed by atoms with Crippen LogP contribution in [0.3, 0.4) is 0 Å². The minimum atomic E-state index is 0.235. The predicted octanol–water partition coefficient (Wildman–Crippen LogP) is 8.18. The summed E-state index contributed by atoms with van der Waals surface area (Å²) < 4.78 is 5.92. The average molecular weight is 411 g/mol. The van der Waals surface area contributed by atoms with E-state index >= 15 is 0 Å². The van der Waals surface area contributed by atoms with Crippen molar-refractivity contribution in [1.29, 1.82) is 0 Å². The molecule has 1 aliphatic rings. The second kappa shape index (κ2) is 8.38. The van der Waals surface area contributed by atoms with E-state index in [1.807, 2.05) is 18.2 Å². The molecule has 0 saturated carbocycles. The van der Waals surface area contributed by atoms with Crippen molar-refractivity contribution in [1.82, 2.24) is 0 Å². The Kier molecular flexibility index (Phi) is 5.79. The summed E-state index contributed by atoms with van der Waals surface area (Å²) in [4.78, 5) is 0. The first-order valence-electron chi connectivity index (χ1n) is 11.4. The van der Waals surface area contributed by atoms with Crippen LogP contribution >= 0.6 is 0 Å². The van der Waals surface area contributed by atoms with Gasteiger partial charge in [0.15, 0.2) is 0 Å². The number of benzene rings is 3. The minimum Gasteiger partial charge on any atom is -0.489 e. The van der Waals surface area contributed by atoms with Gasteiger partial charge >= 0.3 is 0 Å². The summed E-state index contributed by atoms with van der Waals surface area (Å²) in [5.74, 6) is 0.899. The molecule has 0 spiro atoms. The highest BCUT2D eigenvalue weighted by Gasteiger charge is 2.36. The van der Waals surface area contributed by atoms with Crippen LogP contribution in [0.15, 0.2) is 72.8 Å². The fraction of sp³-hybridized carbons (Fsp3) is 0.333. The maximum atomic E-state index is 5.92. The zero-order chi connectivity index (χ0) is 22.1. The van der Waals surface area contributed by atoms with E-state index in [-0.39, 0.29) is 10.8 Å². The Labute approximate surface area is 187 Å². The van der Waals surface area contributed by atoms with Gasteiger partial charge in [-0.3, -0.25) is 0 Å². The fourth-order valence-electron chi connectivity index (χ4n) is 4.57. The smallest absolute Gasteiger partial charge is 0.119 e. The molecule has 4 rings (SSSR count). The normalized spacial score (nSPS) is 17.1. The summed E-state index contributed by atoms with van der Waals surface area (Å²) in [5, 5.41) is 0. The molecule has 1 aliphatic carbocycles. The second-order valence-electron chi connectivity index (χ2n) is 10.2. The largest absolute Gasteiger partial charge is 0.489 e. The van der Waals surface area contributed by atoms with Crippen LogP contribution in [0.1, 0.15) is 75.3 Å². The minimum absolute atomic E-state index is 0.235. The van der Waals surface area contributed by atoms with Crippen LogP contribution < -0.4 is 4.74 Å². The summed E-state index contributed by atoms with van der Waals surface area (Å²) in [6, 6.07) is 25.7. The van der Waals surface area contributed by atoms with Crippen LogP contribution in [-0.2, 0) is 17.4 Å². The van der Waals surface area contributed by atoms with E-state index in [2.05, 4.69) is 95.3 Å². The maximum Gasteiger partial charge on any atom is 0.119 e. The molecule has 0 saturated heterocycles. The van der Waals surface area contributed by atoms with Gasteiger partial charge in [0.25, 0.3) is 0 Å². The van der Waals surface area contributed by atoms with Crippen LogP contribution in [0.5, 0.6) is 5.75 Å². The van der Waals surface area contributed by atoms with Crippen molar-refractivity contribution in [3.63, 3.8) is 0 Å². The van der Waals surface area contributed by atoms with Crippen molar-refractivity contribution >= 4 is 11.6 Å². The first-order valence-corrected chi connectivity index (χ1v) is 11.4. The molecular formula is C30H34O. The third kappa shape index (κ3) is 4.77. The lowest BCUT2D eigenvalue weighted by Gasteiger charge is -2.42. The highest BCUT2D eigenvalue weighted by Crippen LogP contribution is 2.46. The van der Waals surface area contributed by atoms with Crippen molar-refractivity contribution in [2.75, 3.05) is 0 Å². The van der Waals surface area contributed by atoms with Crippen molar-refractivity contribution in [2.24, 2.45) is 0 Å². The van der Waals surface area contributed by atoms with E-state index in [0.717, 1.165) is 5.75 Å². The molecule has 160 valence electrons. The van der Waals surface area contributed by atoms with Crippen molar-refractivity contribution in [3.8, 4) is 5.75 Å². The topological polar surface area (TPSA) is 9.23 Å².